The summed E-state index contributed by atoms with van der Waals surface area (Å²) in [7, 11) is 0. The van der Waals surface area contributed by atoms with Crippen molar-refractivity contribution >= 4 is 5.91 Å². The molecule has 0 heterocycles. The number of rotatable bonds is 4. The van der Waals surface area contributed by atoms with Gasteiger partial charge >= 0.3 is 0 Å². The average Bonchev–Trinajstić information content (AvgIpc) is 2.57. The first-order valence-electron chi connectivity index (χ1n) is 10.5. The van der Waals surface area contributed by atoms with E-state index in [1.165, 1.54) is 50.5 Å². The lowest BCUT2D eigenvalue weighted by molar-refractivity contribution is -0.134. The first kappa shape index (κ1) is 15.9. The molecule has 0 radical (unpaired) electrons. The molecule has 6 rings (SSSR count). The molecule has 1 amide bonds. The fraction of sp³-hybridized carbons (Fsp3) is 0.696. The van der Waals surface area contributed by atoms with E-state index in [2.05, 4.69) is 42.6 Å². The summed E-state index contributed by atoms with van der Waals surface area (Å²) in [5.41, 5.74) is 1.54. The lowest BCUT2D eigenvalue weighted by Crippen LogP contribution is -2.59. The second-order valence-electron chi connectivity index (χ2n) is 9.49. The van der Waals surface area contributed by atoms with Crippen LogP contribution in [-0.4, -0.2) is 11.9 Å². The Morgan fingerprint density at radius 3 is 2.16 bits per heavy atom. The predicted molar refractivity (Wildman–Crippen MR) is 100 cm³/mol. The van der Waals surface area contributed by atoms with Crippen molar-refractivity contribution in [3.05, 3.63) is 35.9 Å². The summed E-state index contributed by atoms with van der Waals surface area (Å²) >= 11 is 0. The van der Waals surface area contributed by atoms with Crippen LogP contribution in [0.25, 0.3) is 0 Å². The van der Waals surface area contributed by atoms with Gasteiger partial charge in [-0.3, -0.25) is 4.79 Å². The minimum Gasteiger partial charge on any atom is -0.353 e. The maximum absolute atomic E-state index is 13.0. The molecular formula is C23H31NO. The zero-order valence-electron chi connectivity index (χ0n) is 15.4. The molecular weight excluding hydrogens is 306 g/mol. The number of benzene rings is 1. The van der Waals surface area contributed by atoms with Gasteiger partial charge in [0.1, 0.15) is 0 Å². The van der Waals surface area contributed by atoms with Crippen molar-refractivity contribution in [2.24, 2.45) is 29.6 Å². The van der Waals surface area contributed by atoms with Crippen LogP contribution in [0.5, 0.6) is 0 Å². The molecule has 0 atom stereocenters. The molecule has 134 valence electrons. The van der Waals surface area contributed by atoms with Crippen LogP contribution in [0.3, 0.4) is 0 Å². The fourth-order valence-corrected chi connectivity index (χ4v) is 6.97. The van der Waals surface area contributed by atoms with Gasteiger partial charge in [-0.15, -0.1) is 0 Å². The molecule has 1 aromatic rings. The smallest absolute Gasteiger partial charge is 0.221 e. The first-order chi connectivity index (χ1) is 12.2. The van der Waals surface area contributed by atoms with E-state index in [0.717, 1.165) is 24.2 Å². The van der Waals surface area contributed by atoms with Gasteiger partial charge in [0.25, 0.3) is 0 Å². The Labute approximate surface area is 151 Å². The van der Waals surface area contributed by atoms with E-state index in [9.17, 15) is 4.79 Å². The monoisotopic (exact) mass is 337 g/mol. The highest BCUT2D eigenvalue weighted by molar-refractivity contribution is 5.78. The summed E-state index contributed by atoms with van der Waals surface area (Å²) in [6.07, 6.45) is 9.74. The van der Waals surface area contributed by atoms with Crippen LogP contribution < -0.4 is 5.32 Å². The molecule has 5 fully saturated rings. The highest BCUT2D eigenvalue weighted by atomic mass is 16.1. The van der Waals surface area contributed by atoms with E-state index in [1.807, 2.05) is 0 Å². The predicted octanol–water partition coefficient (Wildman–Crippen LogP) is 4.69. The molecule has 0 unspecified atom stereocenters. The van der Waals surface area contributed by atoms with Crippen molar-refractivity contribution < 1.29 is 4.79 Å². The summed E-state index contributed by atoms with van der Waals surface area (Å²) in [6.45, 7) is 2.49. The second-order valence-corrected chi connectivity index (χ2v) is 9.49. The molecule has 0 spiro atoms. The lowest BCUT2D eigenvalue weighted by atomic mass is 9.41. The normalized spacial score (nSPS) is 42.2. The molecule has 0 aromatic heterocycles. The van der Waals surface area contributed by atoms with Crippen molar-refractivity contribution in [3.8, 4) is 0 Å². The Bertz CT molecular complexity index is 617. The van der Waals surface area contributed by atoms with Gasteiger partial charge in [-0.25, -0.2) is 0 Å². The van der Waals surface area contributed by atoms with Crippen molar-refractivity contribution in [3.63, 3.8) is 0 Å². The van der Waals surface area contributed by atoms with Crippen molar-refractivity contribution in [1.82, 2.24) is 5.32 Å². The molecule has 1 aromatic carbocycles. The Hall–Kier alpha value is -1.31. The van der Waals surface area contributed by atoms with Crippen LogP contribution in [0.2, 0.25) is 0 Å². The Morgan fingerprint density at radius 1 is 1.04 bits per heavy atom. The maximum Gasteiger partial charge on any atom is 0.221 e. The molecule has 2 nitrogen and oxygen atoms in total. The van der Waals surface area contributed by atoms with Crippen LogP contribution in [0.4, 0.5) is 0 Å². The van der Waals surface area contributed by atoms with Gasteiger partial charge in [0.15, 0.2) is 0 Å². The SMILES string of the molecule is CC1C2CC3CC1CC(C2)C3(CC(=O)NC1CCC1)c1ccccc1. The van der Waals surface area contributed by atoms with Crippen molar-refractivity contribution in [1.29, 1.82) is 0 Å². The molecule has 2 heteroatoms. The van der Waals surface area contributed by atoms with E-state index in [0.29, 0.717) is 23.8 Å². The fourth-order valence-electron chi connectivity index (χ4n) is 6.97. The van der Waals surface area contributed by atoms with Gasteiger partial charge in [-0.05, 0) is 80.1 Å². The molecule has 0 saturated heterocycles. The Morgan fingerprint density at radius 2 is 1.64 bits per heavy atom. The molecule has 5 saturated carbocycles. The molecule has 0 aliphatic heterocycles. The number of hydrogen-bond acceptors (Lipinski definition) is 1. The quantitative estimate of drug-likeness (QED) is 0.849. The van der Waals surface area contributed by atoms with Gasteiger partial charge in [0.2, 0.25) is 5.91 Å². The minimum absolute atomic E-state index is 0.0994. The van der Waals surface area contributed by atoms with Gasteiger partial charge in [-0.1, -0.05) is 37.3 Å². The average molecular weight is 338 g/mol. The summed E-state index contributed by atoms with van der Waals surface area (Å²) in [5, 5.41) is 3.34. The summed E-state index contributed by atoms with van der Waals surface area (Å²) < 4.78 is 0. The summed E-state index contributed by atoms with van der Waals surface area (Å²) in [6, 6.07) is 11.5. The second kappa shape index (κ2) is 5.86. The molecule has 5 aliphatic carbocycles. The van der Waals surface area contributed by atoms with Crippen molar-refractivity contribution in [2.75, 3.05) is 0 Å². The maximum atomic E-state index is 13.0. The van der Waals surface area contributed by atoms with E-state index in [-0.39, 0.29) is 5.41 Å². The number of carbonyl (C=O) groups excluding carboxylic acids is 1. The van der Waals surface area contributed by atoms with Crippen LogP contribution in [0.1, 0.15) is 63.9 Å². The summed E-state index contributed by atoms with van der Waals surface area (Å²) in [5.74, 6) is 4.46. The number of hydrogen-bond donors (Lipinski definition) is 1. The van der Waals surface area contributed by atoms with Crippen LogP contribution >= 0.6 is 0 Å². The third kappa shape index (κ3) is 2.39. The van der Waals surface area contributed by atoms with E-state index >= 15 is 0 Å². The van der Waals surface area contributed by atoms with E-state index in [4.69, 9.17) is 0 Å². The molecule has 5 aliphatic rings. The van der Waals surface area contributed by atoms with E-state index in [1.54, 1.807) is 0 Å². The Balaban J connectivity index is 1.48. The summed E-state index contributed by atoms with van der Waals surface area (Å²) in [4.78, 5) is 13.0. The topological polar surface area (TPSA) is 29.1 Å². The molecule has 25 heavy (non-hydrogen) atoms. The molecule has 4 bridgehead atoms. The van der Waals surface area contributed by atoms with E-state index < -0.39 is 0 Å². The zero-order valence-corrected chi connectivity index (χ0v) is 15.4. The van der Waals surface area contributed by atoms with Crippen LogP contribution in [0, 0.1) is 29.6 Å². The van der Waals surface area contributed by atoms with Gasteiger partial charge in [-0.2, -0.15) is 0 Å². The number of carbonyl (C=O) groups is 1. The number of amides is 1. The highest BCUT2D eigenvalue weighted by Gasteiger charge is 2.60. The molecule has 1 N–H and O–H groups in total. The van der Waals surface area contributed by atoms with Gasteiger partial charge < -0.3 is 5.32 Å². The third-order valence-electron chi connectivity index (χ3n) is 8.53. The van der Waals surface area contributed by atoms with Crippen LogP contribution in [-0.2, 0) is 10.2 Å². The largest absolute Gasteiger partial charge is 0.353 e. The number of nitrogens with one attached hydrogen (secondary N) is 1. The van der Waals surface area contributed by atoms with Gasteiger partial charge in [0, 0.05) is 17.9 Å². The first-order valence-corrected chi connectivity index (χ1v) is 10.5. The standard InChI is InChI=1S/C23H31NO/c1-15-16-10-19-12-17(15)13-20(11-16)23(19,18-6-3-2-4-7-18)14-22(25)24-21-8-5-9-21/h2-4,6-7,15-17,19-21H,5,8-14H2,1H3,(H,24,25). The highest BCUT2D eigenvalue weighted by Crippen LogP contribution is 2.65. The van der Waals surface area contributed by atoms with Gasteiger partial charge in [0.05, 0.1) is 0 Å². The zero-order chi connectivity index (χ0) is 17.0. The Kier molecular flexibility index (Phi) is 3.73. The van der Waals surface area contributed by atoms with Crippen LogP contribution in [0.15, 0.2) is 30.3 Å². The third-order valence-corrected chi connectivity index (χ3v) is 8.53. The minimum atomic E-state index is 0.0994. The van der Waals surface area contributed by atoms with Crippen molar-refractivity contribution in [2.45, 2.75) is 69.7 Å². The lowest BCUT2D eigenvalue weighted by Gasteiger charge is -2.63.